The van der Waals surface area contributed by atoms with E-state index in [0.717, 1.165) is 36.6 Å². The lowest BCUT2D eigenvalue weighted by molar-refractivity contribution is 0.0953. The van der Waals surface area contributed by atoms with Crippen LogP contribution in [0.4, 0.5) is 5.69 Å². The molecule has 0 atom stereocenters. The smallest absolute Gasteiger partial charge is 0.255 e. The molecule has 1 saturated heterocycles. The second kappa shape index (κ2) is 9.16. The topological polar surface area (TPSA) is 50.2 Å². The predicted molar refractivity (Wildman–Crippen MR) is 122 cm³/mol. The van der Waals surface area contributed by atoms with Crippen molar-refractivity contribution in [3.05, 3.63) is 77.1 Å². The third-order valence-corrected chi connectivity index (χ3v) is 5.88. The first-order valence-electron chi connectivity index (χ1n) is 10.9. The Morgan fingerprint density at radius 1 is 0.933 bits per heavy atom. The molecule has 0 aliphatic carbocycles. The number of hydrogen-bond donors (Lipinski definition) is 1. The van der Waals surface area contributed by atoms with Crippen molar-refractivity contribution in [3.8, 4) is 5.69 Å². The Labute approximate surface area is 178 Å². The first-order chi connectivity index (χ1) is 14.6. The van der Waals surface area contributed by atoms with E-state index in [9.17, 15) is 4.79 Å². The molecule has 0 radical (unpaired) electrons. The second-order valence-electron chi connectivity index (χ2n) is 8.01. The molecule has 4 rings (SSSR count). The van der Waals surface area contributed by atoms with Crippen LogP contribution >= 0.6 is 0 Å². The van der Waals surface area contributed by atoms with Gasteiger partial charge in [0.1, 0.15) is 0 Å². The van der Waals surface area contributed by atoms with Crippen LogP contribution in [0.15, 0.2) is 54.6 Å². The lowest BCUT2D eigenvalue weighted by Crippen LogP contribution is -2.29. The molecule has 1 fully saturated rings. The third kappa shape index (κ3) is 4.40. The van der Waals surface area contributed by atoms with Gasteiger partial charge in [-0.1, -0.05) is 30.3 Å². The van der Waals surface area contributed by atoms with Gasteiger partial charge in [0.05, 0.1) is 22.6 Å². The van der Waals surface area contributed by atoms with Crippen LogP contribution in [0.1, 0.15) is 46.6 Å². The number of carbonyl (C=O) groups excluding carboxylic acids is 1. The summed E-state index contributed by atoms with van der Waals surface area (Å²) in [4.78, 5) is 15.3. The van der Waals surface area contributed by atoms with E-state index in [2.05, 4.69) is 39.6 Å². The number of piperidine rings is 1. The van der Waals surface area contributed by atoms with Crippen molar-refractivity contribution in [2.24, 2.45) is 0 Å². The van der Waals surface area contributed by atoms with Gasteiger partial charge in [0.2, 0.25) is 0 Å². The van der Waals surface area contributed by atoms with Crippen LogP contribution in [0.3, 0.4) is 0 Å². The van der Waals surface area contributed by atoms with Crippen LogP contribution in [0, 0.1) is 13.8 Å². The Kier molecular flexibility index (Phi) is 6.17. The average Bonchev–Trinajstić information content (AvgIpc) is 3.09. The van der Waals surface area contributed by atoms with E-state index < -0.39 is 0 Å². The fraction of sp³-hybridized carbons (Fsp3) is 0.360. The van der Waals surface area contributed by atoms with E-state index in [1.54, 1.807) is 0 Å². The van der Waals surface area contributed by atoms with Gasteiger partial charge in [0, 0.05) is 25.3 Å². The summed E-state index contributed by atoms with van der Waals surface area (Å²) in [6.07, 6.45) is 4.73. The highest BCUT2D eigenvalue weighted by atomic mass is 16.1. The number of carbonyl (C=O) groups is 1. The number of amides is 1. The van der Waals surface area contributed by atoms with Crippen molar-refractivity contribution in [1.29, 1.82) is 0 Å². The van der Waals surface area contributed by atoms with Crippen molar-refractivity contribution < 1.29 is 4.79 Å². The second-order valence-corrected chi connectivity index (χ2v) is 8.01. The summed E-state index contributed by atoms with van der Waals surface area (Å²) in [5.41, 5.74) is 5.79. The molecule has 3 aromatic rings. The summed E-state index contributed by atoms with van der Waals surface area (Å²) in [5.74, 6) is -0.0582. The minimum absolute atomic E-state index is 0.0582. The maximum absolute atomic E-state index is 12.8. The Hall–Kier alpha value is -3.08. The van der Waals surface area contributed by atoms with Crippen LogP contribution in [0.25, 0.3) is 5.69 Å². The van der Waals surface area contributed by atoms with Crippen molar-refractivity contribution in [2.75, 3.05) is 24.5 Å². The summed E-state index contributed by atoms with van der Waals surface area (Å²) in [7, 11) is 0. The van der Waals surface area contributed by atoms with Crippen LogP contribution < -0.4 is 10.2 Å². The number of nitrogens with zero attached hydrogens (tertiary/aromatic N) is 3. The minimum atomic E-state index is -0.0582. The molecule has 0 saturated carbocycles. The van der Waals surface area contributed by atoms with E-state index in [-0.39, 0.29) is 5.91 Å². The zero-order valence-corrected chi connectivity index (χ0v) is 17.9. The molecule has 1 aliphatic heterocycles. The molecule has 0 unspecified atom stereocenters. The number of aryl methyl sites for hydroxylation is 1. The van der Waals surface area contributed by atoms with Gasteiger partial charge in [0.25, 0.3) is 5.91 Å². The van der Waals surface area contributed by atoms with Gasteiger partial charge in [0.15, 0.2) is 0 Å². The number of rotatable bonds is 6. The number of hydrogen-bond acceptors (Lipinski definition) is 3. The molecule has 5 nitrogen and oxygen atoms in total. The summed E-state index contributed by atoms with van der Waals surface area (Å²) in [5, 5.41) is 7.64. The largest absolute Gasteiger partial charge is 0.372 e. The van der Waals surface area contributed by atoms with E-state index in [4.69, 9.17) is 0 Å². The lowest BCUT2D eigenvalue weighted by Gasteiger charge is -2.28. The van der Waals surface area contributed by atoms with Crippen molar-refractivity contribution >= 4 is 11.6 Å². The SMILES string of the molecule is Cc1nn(-c2ccccc2)c(C)c1C(=O)NCCc1ccc(N2CCCCC2)cc1. The minimum Gasteiger partial charge on any atom is -0.372 e. The monoisotopic (exact) mass is 402 g/mol. The summed E-state index contributed by atoms with van der Waals surface area (Å²) in [6.45, 7) is 6.76. The van der Waals surface area contributed by atoms with E-state index >= 15 is 0 Å². The van der Waals surface area contributed by atoms with Crippen LogP contribution in [0.5, 0.6) is 0 Å². The van der Waals surface area contributed by atoms with E-state index in [1.807, 2.05) is 48.9 Å². The van der Waals surface area contributed by atoms with Gasteiger partial charge in [-0.2, -0.15) is 5.10 Å². The zero-order valence-electron chi connectivity index (χ0n) is 17.9. The molecule has 1 N–H and O–H groups in total. The fourth-order valence-electron chi connectivity index (χ4n) is 4.23. The first-order valence-corrected chi connectivity index (χ1v) is 10.9. The molecular weight excluding hydrogens is 372 g/mol. The molecule has 2 heterocycles. The molecule has 5 heteroatoms. The summed E-state index contributed by atoms with van der Waals surface area (Å²) < 4.78 is 1.84. The zero-order chi connectivity index (χ0) is 20.9. The Morgan fingerprint density at radius 3 is 2.33 bits per heavy atom. The molecular formula is C25H30N4O. The standard InChI is InChI=1S/C25H30N4O/c1-19-24(20(2)29(27-19)23-9-5-3-6-10-23)25(30)26-16-15-21-11-13-22(14-12-21)28-17-7-4-8-18-28/h3,5-6,9-14H,4,7-8,15-18H2,1-2H3,(H,26,30). The summed E-state index contributed by atoms with van der Waals surface area (Å²) >= 11 is 0. The number of anilines is 1. The highest BCUT2D eigenvalue weighted by Gasteiger charge is 2.19. The van der Waals surface area contributed by atoms with Gasteiger partial charge in [-0.05, 0) is 69.4 Å². The van der Waals surface area contributed by atoms with Gasteiger partial charge in [-0.3, -0.25) is 4.79 Å². The van der Waals surface area contributed by atoms with Crippen LogP contribution in [0.2, 0.25) is 0 Å². The Bertz CT molecular complexity index is 986. The van der Waals surface area contributed by atoms with Crippen molar-refractivity contribution in [3.63, 3.8) is 0 Å². The highest BCUT2D eigenvalue weighted by Crippen LogP contribution is 2.21. The lowest BCUT2D eigenvalue weighted by atomic mass is 10.1. The molecule has 156 valence electrons. The normalized spacial score (nSPS) is 14.0. The van der Waals surface area contributed by atoms with E-state index in [1.165, 1.54) is 30.5 Å². The van der Waals surface area contributed by atoms with Gasteiger partial charge in [-0.15, -0.1) is 0 Å². The molecule has 1 aliphatic rings. The highest BCUT2D eigenvalue weighted by molar-refractivity contribution is 5.96. The third-order valence-electron chi connectivity index (χ3n) is 5.88. The molecule has 0 spiro atoms. The first kappa shape index (κ1) is 20.2. The average molecular weight is 403 g/mol. The molecule has 30 heavy (non-hydrogen) atoms. The number of aromatic nitrogens is 2. The maximum atomic E-state index is 12.8. The predicted octanol–water partition coefficient (Wildman–Crippen LogP) is 4.45. The van der Waals surface area contributed by atoms with Gasteiger partial charge in [-0.25, -0.2) is 4.68 Å². The molecule has 1 amide bonds. The quantitative estimate of drug-likeness (QED) is 0.663. The number of nitrogens with one attached hydrogen (secondary N) is 1. The molecule has 1 aromatic heterocycles. The Morgan fingerprint density at radius 2 is 1.63 bits per heavy atom. The van der Waals surface area contributed by atoms with Gasteiger partial charge < -0.3 is 10.2 Å². The Balaban J connectivity index is 1.35. The fourth-order valence-corrected chi connectivity index (χ4v) is 4.23. The molecule has 0 bridgehead atoms. The van der Waals surface area contributed by atoms with Crippen molar-refractivity contribution in [1.82, 2.24) is 15.1 Å². The van der Waals surface area contributed by atoms with Crippen molar-refractivity contribution in [2.45, 2.75) is 39.5 Å². The number of para-hydroxylation sites is 1. The summed E-state index contributed by atoms with van der Waals surface area (Å²) in [6, 6.07) is 18.7. The van der Waals surface area contributed by atoms with E-state index in [0.29, 0.717) is 12.1 Å². The number of benzene rings is 2. The maximum Gasteiger partial charge on any atom is 0.255 e. The molecule has 2 aromatic carbocycles. The van der Waals surface area contributed by atoms with Crippen LogP contribution in [-0.4, -0.2) is 35.3 Å². The van der Waals surface area contributed by atoms with Gasteiger partial charge >= 0.3 is 0 Å². The van der Waals surface area contributed by atoms with Crippen LogP contribution in [-0.2, 0) is 6.42 Å².